The van der Waals surface area contributed by atoms with Crippen molar-refractivity contribution >= 4 is 6.03 Å². The Hall–Kier alpha value is -1.51. The molecule has 0 radical (unpaired) electrons. The van der Waals surface area contributed by atoms with E-state index < -0.39 is 0 Å². The molecule has 2 aliphatic rings. The van der Waals surface area contributed by atoms with Crippen molar-refractivity contribution in [3.63, 3.8) is 0 Å². The number of nitrogens with one attached hydrogen (secondary N) is 2. The molecule has 2 amide bonds. The lowest BCUT2D eigenvalue weighted by molar-refractivity contribution is 0.235. The van der Waals surface area contributed by atoms with Crippen molar-refractivity contribution < 1.29 is 4.79 Å². The predicted molar refractivity (Wildman–Crippen MR) is 71.3 cm³/mol. The van der Waals surface area contributed by atoms with Crippen LogP contribution < -0.4 is 10.6 Å². The smallest absolute Gasteiger partial charge is 0.315 e. The number of carbonyl (C=O) groups excluding carboxylic acids is 1. The summed E-state index contributed by atoms with van der Waals surface area (Å²) in [6, 6.07) is 9.10. The second-order valence-corrected chi connectivity index (χ2v) is 5.62. The van der Waals surface area contributed by atoms with Gasteiger partial charge in [-0.2, -0.15) is 0 Å². The van der Waals surface area contributed by atoms with Gasteiger partial charge in [-0.05, 0) is 44.1 Å². The largest absolute Gasteiger partial charge is 0.335 e. The summed E-state index contributed by atoms with van der Waals surface area (Å²) in [5.41, 5.74) is 2.49. The molecule has 0 saturated heterocycles. The Labute approximate surface area is 108 Å². The van der Waals surface area contributed by atoms with Crippen molar-refractivity contribution in [3.8, 4) is 0 Å². The average molecular weight is 244 g/mol. The van der Waals surface area contributed by atoms with Crippen LogP contribution >= 0.6 is 0 Å². The van der Waals surface area contributed by atoms with Gasteiger partial charge in [0.15, 0.2) is 0 Å². The van der Waals surface area contributed by atoms with Crippen LogP contribution in [-0.4, -0.2) is 12.1 Å². The quantitative estimate of drug-likeness (QED) is 0.840. The summed E-state index contributed by atoms with van der Waals surface area (Å²) in [4.78, 5) is 11.9. The van der Waals surface area contributed by atoms with Crippen molar-refractivity contribution in [2.75, 3.05) is 0 Å². The monoisotopic (exact) mass is 244 g/mol. The fourth-order valence-electron chi connectivity index (χ4n) is 2.27. The second-order valence-electron chi connectivity index (χ2n) is 5.62. The lowest BCUT2D eigenvalue weighted by Crippen LogP contribution is -2.39. The third-order valence-electron chi connectivity index (χ3n) is 3.73. The normalized spacial score (nSPS) is 20.3. The first-order valence-corrected chi connectivity index (χ1v) is 6.86. The van der Waals surface area contributed by atoms with Crippen LogP contribution in [0.2, 0.25) is 0 Å². The Bertz CT molecular complexity index is 432. The molecule has 0 aromatic heterocycles. The fraction of sp³-hybridized carbons (Fsp3) is 0.533. The number of benzene rings is 1. The Morgan fingerprint density at radius 1 is 1.17 bits per heavy atom. The van der Waals surface area contributed by atoms with E-state index in [1.165, 1.54) is 24.0 Å². The Morgan fingerprint density at radius 2 is 1.83 bits per heavy atom. The van der Waals surface area contributed by atoms with Gasteiger partial charge in [0.1, 0.15) is 0 Å². The number of hydrogen-bond donors (Lipinski definition) is 2. The third-order valence-corrected chi connectivity index (χ3v) is 3.73. The van der Waals surface area contributed by atoms with Crippen molar-refractivity contribution in [1.82, 2.24) is 10.6 Å². The van der Waals surface area contributed by atoms with Crippen molar-refractivity contribution in [3.05, 3.63) is 35.4 Å². The molecular weight excluding hydrogens is 224 g/mol. The molecular formula is C15H20N2O. The van der Waals surface area contributed by atoms with Gasteiger partial charge in [-0.1, -0.05) is 29.8 Å². The van der Waals surface area contributed by atoms with Gasteiger partial charge in [-0.25, -0.2) is 4.79 Å². The zero-order valence-corrected chi connectivity index (χ0v) is 10.8. The van der Waals surface area contributed by atoms with Crippen molar-refractivity contribution in [2.24, 2.45) is 5.92 Å². The summed E-state index contributed by atoms with van der Waals surface area (Å²) < 4.78 is 0. The van der Waals surface area contributed by atoms with Crippen LogP contribution in [0.1, 0.15) is 42.9 Å². The highest BCUT2D eigenvalue weighted by Crippen LogP contribution is 2.41. The number of rotatable bonds is 4. The highest BCUT2D eigenvalue weighted by Gasteiger charge is 2.34. The molecule has 2 saturated carbocycles. The van der Waals surface area contributed by atoms with Crippen LogP contribution in [0.25, 0.3) is 0 Å². The van der Waals surface area contributed by atoms with Gasteiger partial charge < -0.3 is 10.6 Å². The molecule has 0 aliphatic heterocycles. The van der Waals surface area contributed by atoms with E-state index in [-0.39, 0.29) is 12.1 Å². The van der Waals surface area contributed by atoms with Gasteiger partial charge >= 0.3 is 6.03 Å². The molecule has 1 atom stereocenters. The molecule has 3 heteroatoms. The third kappa shape index (κ3) is 2.84. The lowest BCUT2D eigenvalue weighted by Gasteiger charge is -2.19. The maximum absolute atomic E-state index is 11.9. The van der Waals surface area contributed by atoms with Crippen LogP contribution in [0, 0.1) is 12.8 Å². The van der Waals surface area contributed by atoms with Crippen LogP contribution in [-0.2, 0) is 0 Å². The number of hydrogen-bond acceptors (Lipinski definition) is 1. The molecule has 0 spiro atoms. The SMILES string of the molecule is Cc1ccc([C@H](NC(=O)NC2CC2)C2CC2)cc1. The Balaban J connectivity index is 1.67. The number of urea groups is 1. The molecule has 0 heterocycles. The van der Waals surface area contributed by atoms with E-state index in [4.69, 9.17) is 0 Å². The van der Waals surface area contributed by atoms with E-state index in [0.29, 0.717) is 12.0 Å². The van der Waals surface area contributed by atoms with E-state index in [1.807, 2.05) is 0 Å². The minimum atomic E-state index is -0.00465. The maximum atomic E-state index is 11.9. The van der Waals surface area contributed by atoms with Crippen LogP contribution in [0.3, 0.4) is 0 Å². The number of carbonyl (C=O) groups is 1. The van der Waals surface area contributed by atoms with Gasteiger partial charge in [0.05, 0.1) is 6.04 Å². The molecule has 1 aromatic rings. The van der Waals surface area contributed by atoms with E-state index in [1.54, 1.807) is 0 Å². The van der Waals surface area contributed by atoms with E-state index in [0.717, 1.165) is 12.8 Å². The number of aryl methyl sites for hydroxylation is 1. The van der Waals surface area contributed by atoms with Crippen molar-refractivity contribution in [2.45, 2.75) is 44.7 Å². The second kappa shape index (κ2) is 4.63. The maximum Gasteiger partial charge on any atom is 0.315 e. The molecule has 3 nitrogen and oxygen atoms in total. The lowest BCUT2D eigenvalue weighted by atomic mass is 10.0. The topological polar surface area (TPSA) is 41.1 Å². The number of amides is 2. The van der Waals surface area contributed by atoms with Gasteiger partial charge in [-0.3, -0.25) is 0 Å². The van der Waals surface area contributed by atoms with E-state index in [9.17, 15) is 4.79 Å². The fourth-order valence-corrected chi connectivity index (χ4v) is 2.27. The first-order valence-electron chi connectivity index (χ1n) is 6.86. The zero-order valence-electron chi connectivity index (χ0n) is 10.8. The molecule has 2 aliphatic carbocycles. The molecule has 18 heavy (non-hydrogen) atoms. The summed E-state index contributed by atoms with van der Waals surface area (Å²) in [5, 5.41) is 6.13. The van der Waals surface area contributed by atoms with Gasteiger partial charge in [0.25, 0.3) is 0 Å². The Morgan fingerprint density at radius 3 is 2.39 bits per heavy atom. The molecule has 0 unspecified atom stereocenters. The Kier molecular flexibility index (Phi) is 2.98. The molecule has 1 aromatic carbocycles. The van der Waals surface area contributed by atoms with Crippen LogP contribution in [0.5, 0.6) is 0 Å². The molecule has 0 bridgehead atoms. The summed E-state index contributed by atoms with van der Waals surface area (Å²) in [5.74, 6) is 0.623. The minimum Gasteiger partial charge on any atom is -0.335 e. The summed E-state index contributed by atoms with van der Waals surface area (Å²) in [6.45, 7) is 2.09. The summed E-state index contributed by atoms with van der Waals surface area (Å²) in [7, 11) is 0. The molecule has 2 N–H and O–H groups in total. The van der Waals surface area contributed by atoms with Crippen LogP contribution in [0.4, 0.5) is 4.79 Å². The molecule has 2 fully saturated rings. The van der Waals surface area contributed by atoms with Gasteiger partial charge in [0, 0.05) is 6.04 Å². The van der Waals surface area contributed by atoms with Crippen LogP contribution in [0.15, 0.2) is 24.3 Å². The first kappa shape index (κ1) is 11.6. The van der Waals surface area contributed by atoms with Gasteiger partial charge in [0.2, 0.25) is 0 Å². The first-order chi connectivity index (χ1) is 8.72. The highest BCUT2D eigenvalue weighted by atomic mass is 16.2. The standard InChI is InChI=1S/C15H20N2O/c1-10-2-4-11(5-3-10)14(12-6-7-12)17-15(18)16-13-8-9-13/h2-5,12-14H,6-9H2,1H3,(H2,16,17,18)/t14-/m0/s1. The van der Waals surface area contributed by atoms with E-state index >= 15 is 0 Å². The predicted octanol–water partition coefficient (Wildman–Crippen LogP) is 2.91. The van der Waals surface area contributed by atoms with Crippen molar-refractivity contribution in [1.29, 1.82) is 0 Å². The molecule has 96 valence electrons. The van der Waals surface area contributed by atoms with Gasteiger partial charge in [-0.15, -0.1) is 0 Å². The summed E-state index contributed by atoms with van der Waals surface area (Å²) >= 11 is 0. The summed E-state index contributed by atoms with van der Waals surface area (Å²) in [6.07, 6.45) is 4.71. The zero-order chi connectivity index (χ0) is 12.5. The minimum absolute atomic E-state index is 0.00465. The average Bonchev–Trinajstić information content (AvgIpc) is 3.21. The highest BCUT2D eigenvalue weighted by molar-refractivity contribution is 5.75. The van der Waals surface area contributed by atoms with E-state index in [2.05, 4.69) is 41.8 Å². The molecule has 3 rings (SSSR count).